The van der Waals surface area contributed by atoms with Crippen LogP contribution in [0.2, 0.25) is 0 Å². The van der Waals surface area contributed by atoms with Gasteiger partial charge in [-0.3, -0.25) is 0 Å². The number of carbonyl (C=O) groups excluding carboxylic acids is 1. The molecule has 3 aromatic rings. The van der Waals surface area contributed by atoms with Crippen molar-refractivity contribution in [3.8, 4) is 28.9 Å². The van der Waals surface area contributed by atoms with Crippen LogP contribution in [0.25, 0.3) is 23.0 Å². The molecular formula is C23H17NO5. The Balaban J connectivity index is 1.61. The van der Waals surface area contributed by atoms with Gasteiger partial charge in [-0.05, 0) is 61.0 Å². The number of allylic oxidation sites excluding steroid dienone is 1. The van der Waals surface area contributed by atoms with Crippen LogP contribution in [0.15, 0.2) is 59.0 Å². The average molecular weight is 387 g/mol. The molecule has 0 saturated carbocycles. The van der Waals surface area contributed by atoms with Crippen molar-refractivity contribution in [3.63, 3.8) is 0 Å². The van der Waals surface area contributed by atoms with Gasteiger partial charge in [-0.1, -0.05) is 12.1 Å². The summed E-state index contributed by atoms with van der Waals surface area (Å²) < 4.78 is 21.6. The highest BCUT2D eigenvalue weighted by atomic mass is 16.7. The summed E-state index contributed by atoms with van der Waals surface area (Å²) in [7, 11) is 0. The summed E-state index contributed by atoms with van der Waals surface area (Å²) in [5.41, 5.74) is 2.34. The maximum Gasteiger partial charge on any atom is 0.338 e. The number of furan rings is 1. The molecule has 1 aliphatic rings. The topological polar surface area (TPSA) is 81.7 Å². The van der Waals surface area contributed by atoms with Gasteiger partial charge in [-0.15, -0.1) is 0 Å². The molecule has 0 spiro atoms. The fourth-order valence-corrected chi connectivity index (χ4v) is 2.99. The first-order valence-electron chi connectivity index (χ1n) is 9.07. The van der Waals surface area contributed by atoms with E-state index in [0.29, 0.717) is 46.3 Å². The van der Waals surface area contributed by atoms with E-state index >= 15 is 0 Å². The lowest BCUT2D eigenvalue weighted by atomic mass is 10.1. The SMILES string of the molecule is CCOC(=O)c1cccc(-c2ccc(/C=C(/C#N)c3ccc4c(c3)OCO4)o2)c1. The quantitative estimate of drug-likeness (QED) is 0.457. The highest BCUT2D eigenvalue weighted by Crippen LogP contribution is 2.35. The van der Waals surface area contributed by atoms with Crippen molar-refractivity contribution in [2.45, 2.75) is 6.92 Å². The van der Waals surface area contributed by atoms with Crippen molar-refractivity contribution in [2.24, 2.45) is 0 Å². The Bertz CT molecular complexity index is 1140. The highest BCUT2D eigenvalue weighted by molar-refractivity contribution is 5.91. The number of esters is 1. The first-order valence-corrected chi connectivity index (χ1v) is 9.07. The molecule has 2 heterocycles. The Kier molecular flexibility index (Phi) is 5.04. The number of hydrogen-bond donors (Lipinski definition) is 0. The van der Waals surface area contributed by atoms with E-state index in [-0.39, 0.29) is 12.8 Å². The third-order valence-electron chi connectivity index (χ3n) is 4.38. The van der Waals surface area contributed by atoms with Crippen molar-refractivity contribution in [3.05, 3.63) is 71.5 Å². The molecule has 0 amide bonds. The second-order valence-electron chi connectivity index (χ2n) is 6.24. The number of hydrogen-bond acceptors (Lipinski definition) is 6. The van der Waals surface area contributed by atoms with Gasteiger partial charge in [0, 0.05) is 5.56 Å². The lowest BCUT2D eigenvalue weighted by molar-refractivity contribution is 0.0526. The smallest absolute Gasteiger partial charge is 0.338 e. The van der Waals surface area contributed by atoms with Gasteiger partial charge in [0.15, 0.2) is 11.5 Å². The molecule has 144 valence electrons. The van der Waals surface area contributed by atoms with Gasteiger partial charge in [0.25, 0.3) is 0 Å². The van der Waals surface area contributed by atoms with Gasteiger partial charge >= 0.3 is 5.97 Å². The van der Waals surface area contributed by atoms with Gasteiger partial charge < -0.3 is 18.6 Å². The lowest BCUT2D eigenvalue weighted by Crippen LogP contribution is -2.04. The van der Waals surface area contributed by atoms with Crippen LogP contribution in [0.1, 0.15) is 28.6 Å². The molecule has 4 rings (SSSR count). The van der Waals surface area contributed by atoms with Crippen LogP contribution in [0.5, 0.6) is 11.5 Å². The number of rotatable bonds is 5. The summed E-state index contributed by atoms with van der Waals surface area (Å²) in [6.07, 6.45) is 1.66. The van der Waals surface area contributed by atoms with Crippen LogP contribution in [-0.4, -0.2) is 19.4 Å². The molecule has 0 radical (unpaired) electrons. The molecule has 1 aromatic heterocycles. The molecule has 6 nitrogen and oxygen atoms in total. The summed E-state index contributed by atoms with van der Waals surface area (Å²) in [5, 5.41) is 9.58. The van der Waals surface area contributed by atoms with E-state index in [4.69, 9.17) is 18.6 Å². The van der Waals surface area contributed by atoms with Crippen molar-refractivity contribution in [2.75, 3.05) is 13.4 Å². The van der Waals surface area contributed by atoms with Crippen molar-refractivity contribution >= 4 is 17.6 Å². The highest BCUT2D eigenvalue weighted by Gasteiger charge is 2.15. The number of carbonyl (C=O) groups is 1. The maximum atomic E-state index is 11.9. The second kappa shape index (κ2) is 7.95. The minimum Gasteiger partial charge on any atom is -0.462 e. The van der Waals surface area contributed by atoms with E-state index in [1.807, 2.05) is 6.07 Å². The molecule has 0 unspecified atom stereocenters. The minimum absolute atomic E-state index is 0.177. The summed E-state index contributed by atoms with van der Waals surface area (Å²) >= 11 is 0. The number of benzene rings is 2. The summed E-state index contributed by atoms with van der Waals surface area (Å²) in [5.74, 6) is 2.00. The number of fused-ring (bicyclic) bond motifs is 1. The van der Waals surface area contributed by atoms with Crippen LogP contribution >= 0.6 is 0 Å². The lowest BCUT2D eigenvalue weighted by Gasteiger charge is -2.03. The summed E-state index contributed by atoms with van der Waals surface area (Å²) in [6, 6.07) is 18.1. The third kappa shape index (κ3) is 3.85. The Morgan fingerprint density at radius 3 is 2.79 bits per heavy atom. The first-order chi connectivity index (χ1) is 14.2. The summed E-state index contributed by atoms with van der Waals surface area (Å²) in [6.45, 7) is 2.26. The zero-order chi connectivity index (χ0) is 20.2. The first kappa shape index (κ1) is 18.4. The average Bonchev–Trinajstić information content (AvgIpc) is 3.41. The monoisotopic (exact) mass is 387 g/mol. The summed E-state index contributed by atoms with van der Waals surface area (Å²) in [4.78, 5) is 11.9. The Morgan fingerprint density at radius 2 is 1.97 bits per heavy atom. The molecule has 6 heteroatoms. The van der Waals surface area contributed by atoms with Gasteiger partial charge in [0.05, 0.1) is 23.8 Å². The molecular weight excluding hydrogens is 370 g/mol. The molecule has 1 aliphatic heterocycles. The molecule has 0 fully saturated rings. The van der Waals surface area contributed by atoms with Crippen molar-refractivity contribution in [1.82, 2.24) is 0 Å². The molecule has 0 saturated heterocycles. The predicted molar refractivity (Wildman–Crippen MR) is 106 cm³/mol. The normalized spacial score (nSPS) is 12.5. The van der Waals surface area contributed by atoms with Crippen LogP contribution in [-0.2, 0) is 4.74 Å². The molecule has 2 aromatic carbocycles. The van der Waals surface area contributed by atoms with Crippen LogP contribution in [0.4, 0.5) is 0 Å². The zero-order valence-electron chi connectivity index (χ0n) is 15.7. The standard InChI is InChI=1S/C23H17NO5/c1-2-26-23(25)17-5-3-4-16(10-17)20-9-7-19(29-20)11-18(13-24)15-6-8-21-22(12-15)28-14-27-21/h3-12H,2,14H2,1H3/b18-11-. The Hall–Kier alpha value is -3.98. The van der Waals surface area contributed by atoms with E-state index in [1.54, 1.807) is 61.5 Å². The van der Waals surface area contributed by atoms with Gasteiger partial charge in [-0.2, -0.15) is 5.26 Å². The number of nitriles is 1. The van der Waals surface area contributed by atoms with E-state index < -0.39 is 0 Å². The molecule has 0 bridgehead atoms. The van der Waals surface area contributed by atoms with Gasteiger partial charge in [-0.25, -0.2) is 4.79 Å². The predicted octanol–water partition coefficient (Wildman–Crippen LogP) is 4.92. The van der Waals surface area contributed by atoms with Gasteiger partial charge in [0.1, 0.15) is 11.5 Å². The number of ether oxygens (including phenoxy) is 3. The van der Waals surface area contributed by atoms with Crippen LogP contribution in [0.3, 0.4) is 0 Å². The zero-order valence-corrected chi connectivity index (χ0v) is 15.7. The van der Waals surface area contributed by atoms with Crippen molar-refractivity contribution in [1.29, 1.82) is 5.26 Å². The van der Waals surface area contributed by atoms with Crippen molar-refractivity contribution < 1.29 is 23.4 Å². The largest absolute Gasteiger partial charge is 0.462 e. The molecule has 0 atom stereocenters. The van der Waals surface area contributed by atoms with E-state index in [9.17, 15) is 10.1 Å². The third-order valence-corrected chi connectivity index (χ3v) is 4.38. The molecule has 0 aliphatic carbocycles. The van der Waals surface area contributed by atoms with E-state index in [0.717, 1.165) is 5.56 Å². The van der Waals surface area contributed by atoms with E-state index in [2.05, 4.69) is 6.07 Å². The Morgan fingerprint density at radius 1 is 1.10 bits per heavy atom. The Labute approximate surface area is 167 Å². The fraction of sp³-hybridized carbons (Fsp3) is 0.130. The number of nitrogens with zero attached hydrogens (tertiary/aromatic N) is 1. The van der Waals surface area contributed by atoms with Gasteiger partial charge in [0.2, 0.25) is 6.79 Å². The van der Waals surface area contributed by atoms with Crippen LogP contribution < -0.4 is 9.47 Å². The fourth-order valence-electron chi connectivity index (χ4n) is 2.99. The maximum absolute atomic E-state index is 11.9. The van der Waals surface area contributed by atoms with E-state index in [1.165, 1.54) is 0 Å². The molecule has 29 heavy (non-hydrogen) atoms. The minimum atomic E-state index is -0.379. The second-order valence-corrected chi connectivity index (χ2v) is 6.24. The van der Waals surface area contributed by atoms with Crippen LogP contribution in [0, 0.1) is 11.3 Å². The molecule has 0 N–H and O–H groups in total.